The molecule has 0 unspecified atom stereocenters. The number of oxazole rings is 1. The lowest BCUT2D eigenvalue weighted by Crippen LogP contribution is -2.25. The monoisotopic (exact) mass is 319 g/mol. The van der Waals surface area contributed by atoms with E-state index < -0.39 is 0 Å². The molecule has 0 saturated carbocycles. The van der Waals surface area contributed by atoms with Crippen molar-refractivity contribution >= 4 is 11.1 Å². The van der Waals surface area contributed by atoms with Crippen LogP contribution in [0, 0.1) is 11.3 Å². The Balaban J connectivity index is 1.82. The zero-order valence-corrected chi connectivity index (χ0v) is 14.1. The van der Waals surface area contributed by atoms with Crippen molar-refractivity contribution in [3.8, 4) is 17.2 Å². The van der Waals surface area contributed by atoms with E-state index in [1.807, 2.05) is 42.5 Å². The van der Waals surface area contributed by atoms with Crippen LogP contribution in [0.4, 0.5) is 0 Å². The minimum Gasteiger partial charge on any atom is -0.441 e. The SMILES string of the molecule is CCN(CC)CCc1nc2cc(-c3ccc(C#N)cc3)ccc2o1. The third-order valence-corrected chi connectivity index (χ3v) is 4.32. The molecule has 0 saturated heterocycles. The summed E-state index contributed by atoms with van der Waals surface area (Å²) in [6.45, 7) is 7.38. The number of fused-ring (bicyclic) bond motifs is 1. The van der Waals surface area contributed by atoms with Crippen LogP contribution in [0.25, 0.3) is 22.2 Å². The van der Waals surface area contributed by atoms with Gasteiger partial charge in [0.05, 0.1) is 11.6 Å². The lowest BCUT2D eigenvalue weighted by Gasteiger charge is -2.16. The molecule has 0 fully saturated rings. The Morgan fingerprint density at radius 2 is 1.75 bits per heavy atom. The minimum absolute atomic E-state index is 0.667. The maximum atomic E-state index is 8.89. The quantitative estimate of drug-likeness (QED) is 0.681. The molecular weight excluding hydrogens is 298 g/mol. The summed E-state index contributed by atoms with van der Waals surface area (Å²) >= 11 is 0. The van der Waals surface area contributed by atoms with Crippen molar-refractivity contribution in [3.63, 3.8) is 0 Å². The van der Waals surface area contributed by atoms with Crippen LogP contribution in [0.1, 0.15) is 25.3 Å². The van der Waals surface area contributed by atoms with Gasteiger partial charge in [-0.25, -0.2) is 4.98 Å². The van der Waals surface area contributed by atoms with Gasteiger partial charge in [-0.2, -0.15) is 5.26 Å². The molecule has 0 bridgehead atoms. The number of hydrogen-bond acceptors (Lipinski definition) is 4. The highest BCUT2D eigenvalue weighted by Crippen LogP contribution is 2.25. The minimum atomic E-state index is 0.667. The summed E-state index contributed by atoms with van der Waals surface area (Å²) in [5, 5.41) is 8.89. The van der Waals surface area contributed by atoms with Crippen LogP contribution < -0.4 is 0 Å². The smallest absolute Gasteiger partial charge is 0.196 e. The van der Waals surface area contributed by atoms with E-state index in [9.17, 15) is 0 Å². The molecule has 0 spiro atoms. The first kappa shape index (κ1) is 16.2. The number of aromatic nitrogens is 1. The van der Waals surface area contributed by atoms with Gasteiger partial charge < -0.3 is 9.32 Å². The Hall–Kier alpha value is -2.64. The van der Waals surface area contributed by atoms with Crippen LogP contribution in [-0.4, -0.2) is 29.5 Å². The first-order valence-electron chi connectivity index (χ1n) is 8.35. The third kappa shape index (κ3) is 3.47. The number of nitriles is 1. The van der Waals surface area contributed by atoms with E-state index in [2.05, 4.69) is 29.8 Å². The summed E-state index contributed by atoms with van der Waals surface area (Å²) < 4.78 is 5.85. The van der Waals surface area contributed by atoms with E-state index in [1.165, 1.54) is 0 Å². The summed E-state index contributed by atoms with van der Waals surface area (Å²) in [5.41, 5.74) is 4.52. The van der Waals surface area contributed by atoms with Gasteiger partial charge in [0, 0.05) is 13.0 Å². The summed E-state index contributed by atoms with van der Waals surface area (Å²) in [7, 11) is 0. The van der Waals surface area contributed by atoms with E-state index in [0.29, 0.717) is 5.56 Å². The molecule has 0 aliphatic carbocycles. The van der Waals surface area contributed by atoms with Gasteiger partial charge in [-0.05, 0) is 48.5 Å². The molecule has 4 nitrogen and oxygen atoms in total. The zero-order chi connectivity index (χ0) is 16.9. The summed E-state index contributed by atoms with van der Waals surface area (Å²) in [5.74, 6) is 0.786. The largest absolute Gasteiger partial charge is 0.441 e. The molecule has 122 valence electrons. The van der Waals surface area contributed by atoms with Crippen molar-refractivity contribution < 1.29 is 4.42 Å². The highest BCUT2D eigenvalue weighted by Gasteiger charge is 2.09. The lowest BCUT2D eigenvalue weighted by atomic mass is 10.0. The number of benzene rings is 2. The molecule has 24 heavy (non-hydrogen) atoms. The molecular formula is C20H21N3O. The molecule has 0 aliphatic rings. The molecule has 3 aromatic rings. The normalized spacial score (nSPS) is 11.1. The second kappa shape index (κ2) is 7.29. The van der Waals surface area contributed by atoms with E-state index >= 15 is 0 Å². The molecule has 0 aliphatic heterocycles. The van der Waals surface area contributed by atoms with Crippen molar-refractivity contribution in [2.75, 3.05) is 19.6 Å². The first-order chi connectivity index (χ1) is 11.7. The lowest BCUT2D eigenvalue weighted by molar-refractivity contribution is 0.298. The van der Waals surface area contributed by atoms with E-state index in [4.69, 9.17) is 9.68 Å². The van der Waals surface area contributed by atoms with Crippen LogP contribution in [0.5, 0.6) is 0 Å². The number of rotatable bonds is 6. The average molecular weight is 319 g/mol. The van der Waals surface area contributed by atoms with Crippen LogP contribution >= 0.6 is 0 Å². The van der Waals surface area contributed by atoms with Gasteiger partial charge in [0.25, 0.3) is 0 Å². The fraction of sp³-hybridized carbons (Fsp3) is 0.300. The topological polar surface area (TPSA) is 53.1 Å². The number of nitrogens with zero attached hydrogens (tertiary/aromatic N) is 3. The number of likely N-dealkylation sites (N-methyl/N-ethyl adjacent to an activating group) is 1. The molecule has 2 aromatic carbocycles. The fourth-order valence-electron chi connectivity index (χ4n) is 2.79. The van der Waals surface area contributed by atoms with Crippen LogP contribution in [0.3, 0.4) is 0 Å². The van der Waals surface area contributed by atoms with E-state index in [-0.39, 0.29) is 0 Å². The highest BCUT2D eigenvalue weighted by atomic mass is 16.3. The van der Waals surface area contributed by atoms with Crippen molar-refractivity contribution in [3.05, 3.63) is 53.9 Å². The maximum absolute atomic E-state index is 8.89. The zero-order valence-electron chi connectivity index (χ0n) is 14.1. The standard InChI is InChI=1S/C20H21N3O/c1-3-23(4-2)12-11-20-22-18-13-17(9-10-19(18)24-20)16-7-5-15(14-21)6-8-16/h5-10,13H,3-4,11-12H2,1-2H3. The second-order valence-electron chi connectivity index (χ2n) is 5.76. The second-order valence-corrected chi connectivity index (χ2v) is 5.76. The van der Waals surface area contributed by atoms with Crippen molar-refractivity contribution in [2.45, 2.75) is 20.3 Å². The van der Waals surface area contributed by atoms with Gasteiger partial charge in [-0.1, -0.05) is 32.0 Å². The summed E-state index contributed by atoms with van der Waals surface area (Å²) in [4.78, 5) is 6.99. The molecule has 0 amide bonds. The molecule has 4 heteroatoms. The maximum Gasteiger partial charge on any atom is 0.196 e. The van der Waals surface area contributed by atoms with Gasteiger partial charge in [0.1, 0.15) is 5.52 Å². The first-order valence-corrected chi connectivity index (χ1v) is 8.35. The van der Waals surface area contributed by atoms with Gasteiger partial charge in [-0.15, -0.1) is 0 Å². The average Bonchev–Trinajstić information content (AvgIpc) is 3.04. The fourth-order valence-corrected chi connectivity index (χ4v) is 2.79. The van der Waals surface area contributed by atoms with Gasteiger partial charge in [-0.3, -0.25) is 0 Å². The van der Waals surface area contributed by atoms with Crippen molar-refractivity contribution in [1.29, 1.82) is 5.26 Å². The molecule has 1 heterocycles. The summed E-state index contributed by atoms with van der Waals surface area (Å²) in [6, 6.07) is 15.8. The molecule has 0 atom stereocenters. The third-order valence-electron chi connectivity index (χ3n) is 4.32. The van der Waals surface area contributed by atoms with Gasteiger partial charge in [0.2, 0.25) is 0 Å². The Morgan fingerprint density at radius 1 is 1.04 bits per heavy atom. The Kier molecular flexibility index (Phi) is 4.93. The Bertz CT molecular complexity index is 855. The van der Waals surface area contributed by atoms with Crippen LogP contribution in [-0.2, 0) is 6.42 Å². The highest BCUT2D eigenvalue weighted by molar-refractivity contribution is 5.80. The van der Waals surface area contributed by atoms with Gasteiger partial charge >= 0.3 is 0 Å². The molecule has 1 aromatic heterocycles. The summed E-state index contributed by atoms with van der Waals surface area (Å²) in [6.07, 6.45) is 0.822. The van der Waals surface area contributed by atoms with Crippen molar-refractivity contribution in [1.82, 2.24) is 9.88 Å². The number of hydrogen-bond donors (Lipinski definition) is 0. The van der Waals surface area contributed by atoms with E-state index in [1.54, 1.807) is 0 Å². The van der Waals surface area contributed by atoms with E-state index in [0.717, 1.165) is 54.2 Å². The Morgan fingerprint density at radius 3 is 2.42 bits per heavy atom. The van der Waals surface area contributed by atoms with Crippen LogP contribution in [0.15, 0.2) is 46.9 Å². The predicted octanol–water partition coefficient (Wildman–Crippen LogP) is 4.25. The van der Waals surface area contributed by atoms with Crippen LogP contribution in [0.2, 0.25) is 0 Å². The molecule has 0 radical (unpaired) electrons. The Labute approximate surface area is 142 Å². The molecule has 3 rings (SSSR count). The predicted molar refractivity (Wildman–Crippen MR) is 95.7 cm³/mol. The van der Waals surface area contributed by atoms with Gasteiger partial charge in [0.15, 0.2) is 11.5 Å². The van der Waals surface area contributed by atoms with Crippen molar-refractivity contribution in [2.24, 2.45) is 0 Å². The molecule has 0 N–H and O–H groups in total.